The minimum Gasteiger partial charge on any atom is -0.481 e. The van der Waals surface area contributed by atoms with Gasteiger partial charge >= 0.3 is 5.97 Å². The van der Waals surface area contributed by atoms with Crippen molar-refractivity contribution < 1.29 is 18.3 Å². The molecule has 0 spiro atoms. The Kier molecular flexibility index (Phi) is 6.77. The van der Waals surface area contributed by atoms with Crippen LogP contribution in [0.5, 0.6) is 0 Å². The number of aromatic nitrogens is 1. The molecule has 0 saturated heterocycles. The van der Waals surface area contributed by atoms with Crippen LogP contribution in [0.2, 0.25) is 0 Å². The summed E-state index contributed by atoms with van der Waals surface area (Å²) in [6.45, 7) is 0.308. The fourth-order valence-electron chi connectivity index (χ4n) is 1.94. The molecule has 0 aliphatic heterocycles. The molecule has 0 atom stereocenters. The molecule has 0 saturated carbocycles. The first kappa shape index (κ1) is 18.4. The molecule has 0 radical (unpaired) electrons. The SMILES string of the molecule is O=C(O)CCc1ccc(SCCNS(=O)(=O)c2cccnc2)cc1. The Morgan fingerprint density at radius 3 is 2.58 bits per heavy atom. The zero-order valence-electron chi connectivity index (χ0n) is 12.9. The summed E-state index contributed by atoms with van der Waals surface area (Å²) in [5.74, 6) is -0.220. The molecule has 8 heteroatoms. The number of aryl methyl sites for hydroxylation is 1. The Morgan fingerprint density at radius 2 is 1.96 bits per heavy atom. The first-order chi connectivity index (χ1) is 11.5. The minimum absolute atomic E-state index is 0.114. The zero-order valence-corrected chi connectivity index (χ0v) is 14.5. The summed E-state index contributed by atoms with van der Waals surface area (Å²) in [5.41, 5.74) is 0.971. The molecule has 0 aliphatic rings. The Morgan fingerprint density at radius 1 is 1.21 bits per heavy atom. The van der Waals surface area contributed by atoms with Gasteiger partial charge in [-0.25, -0.2) is 13.1 Å². The van der Waals surface area contributed by atoms with Crippen molar-refractivity contribution in [2.75, 3.05) is 12.3 Å². The predicted molar refractivity (Wildman–Crippen MR) is 92.5 cm³/mol. The van der Waals surface area contributed by atoms with Crippen molar-refractivity contribution in [3.05, 3.63) is 54.4 Å². The van der Waals surface area contributed by atoms with Crippen LogP contribution in [0, 0.1) is 0 Å². The number of carboxylic acids is 1. The van der Waals surface area contributed by atoms with E-state index in [2.05, 4.69) is 9.71 Å². The summed E-state index contributed by atoms with van der Waals surface area (Å²) in [6, 6.07) is 10.7. The molecule has 6 nitrogen and oxygen atoms in total. The van der Waals surface area contributed by atoms with Gasteiger partial charge in [-0.3, -0.25) is 9.78 Å². The van der Waals surface area contributed by atoms with Crippen molar-refractivity contribution >= 4 is 27.8 Å². The number of benzene rings is 1. The lowest BCUT2D eigenvalue weighted by Crippen LogP contribution is -2.26. The summed E-state index contributed by atoms with van der Waals surface area (Å²) in [4.78, 5) is 15.5. The molecular weight excluding hydrogens is 348 g/mol. The number of rotatable bonds is 9. The molecule has 2 N–H and O–H groups in total. The monoisotopic (exact) mass is 366 g/mol. The fraction of sp³-hybridized carbons (Fsp3) is 0.250. The van der Waals surface area contributed by atoms with Crippen LogP contribution in [0.15, 0.2) is 58.6 Å². The summed E-state index contributed by atoms with van der Waals surface area (Å²) in [7, 11) is -3.52. The normalized spacial score (nSPS) is 11.3. The van der Waals surface area contributed by atoms with E-state index in [-0.39, 0.29) is 11.3 Å². The molecular formula is C16H18N2O4S2. The van der Waals surface area contributed by atoms with Crippen LogP contribution in [0.4, 0.5) is 0 Å². The standard InChI is InChI=1S/C16H18N2O4S2/c19-16(20)8-5-13-3-6-14(7-4-13)23-11-10-18-24(21,22)15-2-1-9-17-12-15/h1-4,6-7,9,12,18H,5,8,10-11H2,(H,19,20). The van der Waals surface area contributed by atoms with Gasteiger partial charge in [0.25, 0.3) is 0 Å². The molecule has 1 aromatic heterocycles. The van der Waals surface area contributed by atoms with Gasteiger partial charge in [0.2, 0.25) is 10.0 Å². The van der Waals surface area contributed by atoms with Crippen LogP contribution in [0.25, 0.3) is 0 Å². The molecule has 128 valence electrons. The van der Waals surface area contributed by atoms with Gasteiger partial charge in [0, 0.05) is 36.0 Å². The average Bonchev–Trinajstić information content (AvgIpc) is 2.59. The zero-order chi connectivity index (χ0) is 17.4. The van der Waals surface area contributed by atoms with E-state index in [1.54, 1.807) is 6.07 Å². The maximum Gasteiger partial charge on any atom is 0.303 e. The van der Waals surface area contributed by atoms with Gasteiger partial charge in [-0.2, -0.15) is 0 Å². The van der Waals surface area contributed by atoms with Crippen LogP contribution >= 0.6 is 11.8 Å². The average molecular weight is 366 g/mol. The highest BCUT2D eigenvalue weighted by Gasteiger charge is 2.12. The number of hydrogen-bond donors (Lipinski definition) is 2. The Bertz CT molecular complexity index is 762. The number of carboxylic acid groups (broad SMARTS) is 1. The molecule has 0 unspecified atom stereocenters. The molecule has 1 heterocycles. The predicted octanol–water partition coefficient (Wildman–Crippen LogP) is 2.17. The highest BCUT2D eigenvalue weighted by molar-refractivity contribution is 7.99. The number of aliphatic carboxylic acids is 1. The van der Waals surface area contributed by atoms with E-state index >= 15 is 0 Å². The van der Waals surface area contributed by atoms with E-state index in [9.17, 15) is 13.2 Å². The molecule has 0 bridgehead atoms. The van der Waals surface area contributed by atoms with E-state index in [1.807, 2.05) is 24.3 Å². The van der Waals surface area contributed by atoms with Gasteiger partial charge in [0.1, 0.15) is 4.90 Å². The van der Waals surface area contributed by atoms with Crippen molar-refractivity contribution in [1.82, 2.24) is 9.71 Å². The maximum absolute atomic E-state index is 12.0. The van der Waals surface area contributed by atoms with Gasteiger partial charge in [0.05, 0.1) is 0 Å². The molecule has 0 amide bonds. The number of thioether (sulfide) groups is 1. The van der Waals surface area contributed by atoms with Crippen LogP contribution in [0.3, 0.4) is 0 Å². The van der Waals surface area contributed by atoms with Crippen LogP contribution in [0.1, 0.15) is 12.0 Å². The molecule has 24 heavy (non-hydrogen) atoms. The number of nitrogens with zero attached hydrogens (tertiary/aromatic N) is 1. The van der Waals surface area contributed by atoms with Crippen LogP contribution in [-0.4, -0.2) is 36.8 Å². The Labute approximate surface area is 145 Å². The Hall–Kier alpha value is -1.90. The van der Waals surface area contributed by atoms with Gasteiger partial charge in [-0.1, -0.05) is 12.1 Å². The quantitative estimate of drug-likeness (QED) is 0.521. The van der Waals surface area contributed by atoms with Crippen LogP contribution < -0.4 is 4.72 Å². The number of nitrogens with one attached hydrogen (secondary N) is 1. The third-order valence-electron chi connectivity index (χ3n) is 3.16. The van der Waals surface area contributed by atoms with E-state index in [4.69, 9.17) is 5.11 Å². The third-order valence-corrected chi connectivity index (χ3v) is 5.62. The first-order valence-corrected chi connectivity index (χ1v) is 9.77. The summed E-state index contributed by atoms with van der Waals surface area (Å²) in [5, 5.41) is 8.66. The highest BCUT2D eigenvalue weighted by Crippen LogP contribution is 2.18. The van der Waals surface area contributed by atoms with Crippen molar-refractivity contribution in [2.24, 2.45) is 0 Å². The van der Waals surface area contributed by atoms with Crippen molar-refractivity contribution in [3.63, 3.8) is 0 Å². The van der Waals surface area contributed by atoms with Crippen molar-refractivity contribution in [2.45, 2.75) is 22.6 Å². The van der Waals surface area contributed by atoms with E-state index in [0.29, 0.717) is 18.7 Å². The van der Waals surface area contributed by atoms with Gasteiger partial charge in [0.15, 0.2) is 0 Å². The highest BCUT2D eigenvalue weighted by atomic mass is 32.2. The molecule has 0 aliphatic carbocycles. The molecule has 2 aromatic rings. The molecule has 1 aromatic carbocycles. The minimum atomic E-state index is -3.52. The lowest BCUT2D eigenvalue weighted by Gasteiger charge is -2.07. The summed E-state index contributed by atoms with van der Waals surface area (Å²) >= 11 is 1.53. The maximum atomic E-state index is 12.0. The third kappa shape index (κ3) is 5.95. The number of pyridine rings is 1. The largest absolute Gasteiger partial charge is 0.481 e. The second-order valence-electron chi connectivity index (χ2n) is 4.97. The van der Waals surface area contributed by atoms with Gasteiger partial charge in [-0.05, 0) is 36.2 Å². The second kappa shape index (κ2) is 8.81. The van der Waals surface area contributed by atoms with Crippen molar-refractivity contribution in [1.29, 1.82) is 0 Å². The fourth-order valence-corrected chi connectivity index (χ4v) is 3.83. The van der Waals surface area contributed by atoms with E-state index in [0.717, 1.165) is 10.5 Å². The number of hydrogen-bond acceptors (Lipinski definition) is 5. The van der Waals surface area contributed by atoms with Crippen molar-refractivity contribution in [3.8, 4) is 0 Å². The Balaban J connectivity index is 1.77. The van der Waals surface area contributed by atoms with Gasteiger partial charge in [-0.15, -0.1) is 11.8 Å². The first-order valence-electron chi connectivity index (χ1n) is 7.30. The smallest absolute Gasteiger partial charge is 0.303 e. The second-order valence-corrected chi connectivity index (χ2v) is 7.91. The number of sulfonamides is 1. The summed E-state index contributed by atoms with van der Waals surface area (Å²) in [6.07, 6.45) is 3.45. The number of carbonyl (C=O) groups is 1. The van der Waals surface area contributed by atoms with Gasteiger partial charge < -0.3 is 5.11 Å². The summed E-state index contributed by atoms with van der Waals surface area (Å²) < 4.78 is 26.5. The molecule has 2 rings (SSSR count). The van der Waals surface area contributed by atoms with E-state index in [1.165, 1.54) is 30.2 Å². The lowest BCUT2D eigenvalue weighted by atomic mass is 10.1. The lowest BCUT2D eigenvalue weighted by molar-refractivity contribution is -0.136. The van der Waals surface area contributed by atoms with E-state index < -0.39 is 16.0 Å². The molecule has 0 fully saturated rings. The topological polar surface area (TPSA) is 96.4 Å². The van der Waals surface area contributed by atoms with Crippen LogP contribution in [-0.2, 0) is 21.2 Å².